The molecular weight excluding hydrogens is 481 g/mol. The van der Waals surface area contributed by atoms with E-state index in [9.17, 15) is 9.59 Å². The second kappa shape index (κ2) is 14.6. The van der Waals surface area contributed by atoms with Gasteiger partial charge in [-0.2, -0.15) is 0 Å². The van der Waals surface area contributed by atoms with E-state index >= 15 is 0 Å². The quantitative estimate of drug-likeness (QED) is 0.106. The average Bonchev–Trinajstić information content (AvgIpc) is 2.71. The van der Waals surface area contributed by atoms with Gasteiger partial charge in [0.15, 0.2) is 5.75 Å². The molecule has 0 unspecified atom stereocenters. The largest absolute Gasteiger partial charge is 0.423 e. The molecule has 1 aromatic rings. The van der Waals surface area contributed by atoms with Crippen LogP contribution in [0.2, 0.25) is 25.1 Å². The summed E-state index contributed by atoms with van der Waals surface area (Å²) in [6.45, 7) is 0.713. The zero-order valence-electron chi connectivity index (χ0n) is 16.0. The van der Waals surface area contributed by atoms with E-state index in [-0.39, 0.29) is 49.7 Å². The lowest BCUT2D eigenvalue weighted by atomic mass is 10.1. The molecule has 0 spiro atoms. The third-order valence-corrected chi connectivity index (χ3v) is 6.44. The van der Waals surface area contributed by atoms with Crippen LogP contribution in [0.4, 0.5) is 0 Å². The number of carbonyl (C=O) groups is 2. The molecule has 0 aliphatic carbocycles. The van der Waals surface area contributed by atoms with Crippen molar-refractivity contribution in [3.05, 3.63) is 25.1 Å². The zero-order chi connectivity index (χ0) is 21.8. The van der Waals surface area contributed by atoms with Crippen molar-refractivity contribution >= 4 is 69.9 Å². The predicted octanol–water partition coefficient (Wildman–Crippen LogP) is 6.44. The highest BCUT2D eigenvalue weighted by Crippen LogP contribution is 2.48. The van der Waals surface area contributed by atoms with E-state index in [1.165, 1.54) is 0 Å². The Morgan fingerprint density at radius 3 is 1.69 bits per heavy atom. The van der Waals surface area contributed by atoms with Gasteiger partial charge >= 0.3 is 5.97 Å². The van der Waals surface area contributed by atoms with Gasteiger partial charge < -0.3 is 15.8 Å². The molecule has 3 N–H and O–H groups in total. The fraction of sp³-hybridized carbons (Fsp3) is 0.579. The van der Waals surface area contributed by atoms with Crippen molar-refractivity contribution in [2.45, 2.75) is 57.8 Å². The molecular formula is C19H25Cl5N2O3. The number of hydrogen-bond donors (Lipinski definition) is 2. The van der Waals surface area contributed by atoms with Crippen LogP contribution in [0.1, 0.15) is 57.8 Å². The number of benzene rings is 1. The molecule has 1 amide bonds. The molecule has 0 aliphatic heterocycles. The van der Waals surface area contributed by atoms with Gasteiger partial charge in [-0.3, -0.25) is 9.59 Å². The number of nitrogens with one attached hydrogen (secondary N) is 1. The van der Waals surface area contributed by atoms with Gasteiger partial charge in [-0.25, -0.2) is 0 Å². The highest BCUT2D eigenvalue weighted by Gasteiger charge is 2.22. The van der Waals surface area contributed by atoms with Gasteiger partial charge in [0, 0.05) is 13.0 Å². The van der Waals surface area contributed by atoms with Crippen molar-refractivity contribution in [1.82, 2.24) is 5.32 Å². The zero-order valence-corrected chi connectivity index (χ0v) is 19.7. The molecule has 0 saturated heterocycles. The predicted molar refractivity (Wildman–Crippen MR) is 121 cm³/mol. The van der Waals surface area contributed by atoms with Crippen LogP contribution in [0.5, 0.6) is 5.75 Å². The lowest BCUT2D eigenvalue weighted by Gasteiger charge is -2.12. The molecule has 0 radical (unpaired) electrons. The van der Waals surface area contributed by atoms with Crippen molar-refractivity contribution in [2.24, 2.45) is 5.73 Å². The Morgan fingerprint density at radius 2 is 1.17 bits per heavy atom. The molecule has 164 valence electrons. The van der Waals surface area contributed by atoms with E-state index in [0.717, 1.165) is 44.9 Å². The topological polar surface area (TPSA) is 81.4 Å². The fourth-order valence-corrected chi connectivity index (χ4v) is 3.79. The standard InChI is InChI=1S/C19H25Cl5N2O3/c20-14-15(21)17(23)19(18(24)16(14)22)29-13(28)9-7-5-3-1-2-4-6-8-10-26-12(27)11-25/h1-11,25H2,(H,26,27). The number of nitrogens with two attached hydrogens (primary N) is 1. The van der Waals surface area contributed by atoms with Crippen LogP contribution >= 0.6 is 58.0 Å². The summed E-state index contributed by atoms with van der Waals surface area (Å²) in [6.07, 6.45) is 8.29. The van der Waals surface area contributed by atoms with E-state index < -0.39 is 5.97 Å². The van der Waals surface area contributed by atoms with Crippen LogP contribution in [0.25, 0.3) is 0 Å². The summed E-state index contributed by atoms with van der Waals surface area (Å²) in [5, 5.41) is 2.67. The summed E-state index contributed by atoms with van der Waals surface area (Å²) < 4.78 is 5.23. The summed E-state index contributed by atoms with van der Waals surface area (Å²) in [5.41, 5.74) is 5.21. The van der Waals surface area contributed by atoms with Gasteiger partial charge in [0.25, 0.3) is 0 Å². The van der Waals surface area contributed by atoms with Gasteiger partial charge in [-0.05, 0) is 12.8 Å². The molecule has 5 nitrogen and oxygen atoms in total. The number of rotatable bonds is 13. The molecule has 0 fully saturated rings. The molecule has 0 atom stereocenters. The van der Waals surface area contributed by atoms with Crippen molar-refractivity contribution in [3.8, 4) is 5.75 Å². The molecule has 1 aromatic carbocycles. The van der Waals surface area contributed by atoms with Crippen molar-refractivity contribution in [3.63, 3.8) is 0 Å². The van der Waals surface area contributed by atoms with Gasteiger partial charge in [0.1, 0.15) is 10.0 Å². The van der Waals surface area contributed by atoms with Crippen molar-refractivity contribution in [2.75, 3.05) is 13.1 Å². The summed E-state index contributed by atoms with van der Waals surface area (Å²) in [7, 11) is 0. The van der Waals surface area contributed by atoms with E-state index in [4.69, 9.17) is 68.5 Å². The molecule has 29 heavy (non-hydrogen) atoms. The maximum atomic E-state index is 12.0. The van der Waals surface area contributed by atoms with Gasteiger partial charge in [0.2, 0.25) is 5.91 Å². The van der Waals surface area contributed by atoms with E-state index in [2.05, 4.69) is 5.32 Å². The minimum Gasteiger partial charge on any atom is -0.423 e. The number of ether oxygens (including phenoxy) is 1. The highest BCUT2D eigenvalue weighted by molar-refractivity contribution is 6.55. The summed E-state index contributed by atoms with van der Waals surface area (Å²) in [4.78, 5) is 23.0. The monoisotopic (exact) mass is 504 g/mol. The molecule has 0 bridgehead atoms. The van der Waals surface area contributed by atoms with Crippen LogP contribution < -0.4 is 15.8 Å². The van der Waals surface area contributed by atoms with Crippen molar-refractivity contribution in [1.29, 1.82) is 0 Å². The summed E-state index contributed by atoms with van der Waals surface area (Å²) in [5.74, 6) is -0.640. The average molecular weight is 507 g/mol. The first-order chi connectivity index (χ1) is 13.8. The first kappa shape index (κ1) is 26.6. The minimum absolute atomic E-state index is 0.00714. The Balaban J connectivity index is 2.16. The van der Waals surface area contributed by atoms with Gasteiger partial charge in [-0.1, -0.05) is 96.5 Å². The Labute approximate surface area is 196 Å². The number of carbonyl (C=O) groups excluding carboxylic acids is 2. The molecule has 0 heterocycles. The Kier molecular flexibility index (Phi) is 13.4. The van der Waals surface area contributed by atoms with E-state index in [0.29, 0.717) is 13.0 Å². The first-order valence-electron chi connectivity index (χ1n) is 9.48. The highest BCUT2D eigenvalue weighted by atomic mass is 35.5. The smallest absolute Gasteiger partial charge is 0.311 e. The van der Waals surface area contributed by atoms with E-state index in [1.807, 2.05) is 0 Å². The number of unbranched alkanes of at least 4 members (excludes halogenated alkanes) is 7. The Morgan fingerprint density at radius 1 is 0.724 bits per heavy atom. The SMILES string of the molecule is NCC(=O)NCCCCCCCCCCC(=O)Oc1c(Cl)c(Cl)c(Cl)c(Cl)c1Cl. The minimum atomic E-state index is -0.456. The second-order valence-electron chi connectivity index (χ2n) is 6.51. The number of amides is 1. The van der Waals surface area contributed by atoms with Crippen LogP contribution in [-0.4, -0.2) is 25.0 Å². The molecule has 0 saturated carbocycles. The Bertz CT molecular complexity index is 672. The Hall–Kier alpha value is -0.430. The molecule has 0 aliphatic rings. The molecule has 0 aromatic heterocycles. The molecule has 1 rings (SSSR count). The number of esters is 1. The molecule has 10 heteroatoms. The maximum Gasteiger partial charge on any atom is 0.311 e. The van der Waals surface area contributed by atoms with E-state index in [1.54, 1.807) is 0 Å². The third-order valence-electron chi connectivity index (χ3n) is 4.20. The van der Waals surface area contributed by atoms with Crippen LogP contribution in [-0.2, 0) is 9.59 Å². The lowest BCUT2D eigenvalue weighted by molar-refractivity contribution is -0.134. The second-order valence-corrected chi connectivity index (χ2v) is 8.40. The summed E-state index contributed by atoms with van der Waals surface area (Å²) >= 11 is 29.9. The normalized spacial score (nSPS) is 10.8. The number of hydrogen-bond acceptors (Lipinski definition) is 4. The fourth-order valence-electron chi connectivity index (χ4n) is 2.59. The number of halogens is 5. The summed E-state index contributed by atoms with van der Waals surface area (Å²) in [6, 6.07) is 0. The van der Waals surface area contributed by atoms with Crippen LogP contribution in [0.3, 0.4) is 0 Å². The van der Waals surface area contributed by atoms with Gasteiger partial charge in [-0.15, -0.1) is 0 Å². The van der Waals surface area contributed by atoms with Crippen LogP contribution in [0, 0.1) is 0 Å². The lowest BCUT2D eigenvalue weighted by Crippen LogP contribution is -2.30. The van der Waals surface area contributed by atoms with Gasteiger partial charge in [0.05, 0.1) is 21.6 Å². The van der Waals surface area contributed by atoms with Crippen molar-refractivity contribution < 1.29 is 14.3 Å². The van der Waals surface area contributed by atoms with Crippen LogP contribution in [0.15, 0.2) is 0 Å². The third kappa shape index (κ3) is 9.50. The maximum absolute atomic E-state index is 12.0. The first-order valence-corrected chi connectivity index (χ1v) is 11.4.